The fourth-order valence-corrected chi connectivity index (χ4v) is 1.77. The predicted molar refractivity (Wildman–Crippen MR) is 60.9 cm³/mol. The first-order valence-corrected chi connectivity index (χ1v) is 5.19. The van der Waals surface area contributed by atoms with Crippen LogP contribution in [-0.4, -0.2) is 20.5 Å². The van der Waals surface area contributed by atoms with E-state index >= 15 is 0 Å². The van der Waals surface area contributed by atoms with Gasteiger partial charge in [0.05, 0.1) is 11.2 Å². The van der Waals surface area contributed by atoms with Crippen LogP contribution in [0.15, 0.2) is 24.5 Å². The van der Waals surface area contributed by atoms with E-state index in [0.717, 1.165) is 0 Å². The summed E-state index contributed by atoms with van der Waals surface area (Å²) in [6.07, 6.45) is 2.90. The van der Waals surface area contributed by atoms with Gasteiger partial charge in [-0.15, -0.1) is 0 Å². The van der Waals surface area contributed by atoms with Crippen LogP contribution >= 0.6 is 23.2 Å². The van der Waals surface area contributed by atoms with Gasteiger partial charge in [0, 0.05) is 18.8 Å². The van der Waals surface area contributed by atoms with E-state index in [2.05, 4.69) is 10.1 Å². The van der Waals surface area contributed by atoms with Crippen LogP contribution in [0, 0.1) is 0 Å². The van der Waals surface area contributed by atoms with Crippen molar-refractivity contribution >= 4 is 29.0 Å². The Hall–Kier alpha value is -1.39. The zero-order valence-electron chi connectivity index (χ0n) is 8.32. The third kappa shape index (κ3) is 1.94. The summed E-state index contributed by atoms with van der Waals surface area (Å²) in [6.45, 7) is 0. The van der Waals surface area contributed by atoms with E-state index in [1.165, 1.54) is 23.1 Å². The molecule has 0 saturated heterocycles. The molecule has 0 aromatic carbocycles. The Morgan fingerprint density at radius 1 is 1.44 bits per heavy atom. The van der Waals surface area contributed by atoms with E-state index in [-0.39, 0.29) is 10.9 Å². The monoisotopic (exact) mass is 255 g/mol. The third-order valence-electron chi connectivity index (χ3n) is 2.10. The minimum Gasteiger partial charge on any atom is -0.287 e. The summed E-state index contributed by atoms with van der Waals surface area (Å²) in [7, 11) is 1.65. The van der Waals surface area contributed by atoms with Gasteiger partial charge < -0.3 is 0 Å². The molecule has 6 heteroatoms. The lowest BCUT2D eigenvalue weighted by molar-refractivity contribution is 0.103. The SMILES string of the molecule is Cn1ncc(Cl)c1C(=O)c1ccnc(Cl)c1. The maximum atomic E-state index is 12.1. The highest BCUT2D eigenvalue weighted by Gasteiger charge is 2.17. The van der Waals surface area contributed by atoms with Gasteiger partial charge in [-0.1, -0.05) is 23.2 Å². The molecule has 2 aromatic heterocycles. The quantitative estimate of drug-likeness (QED) is 0.612. The highest BCUT2D eigenvalue weighted by Crippen LogP contribution is 2.19. The molecule has 0 saturated carbocycles. The molecule has 2 heterocycles. The summed E-state index contributed by atoms with van der Waals surface area (Å²) >= 11 is 11.6. The molecular weight excluding hydrogens is 249 g/mol. The number of ketones is 1. The standard InChI is InChI=1S/C10H7Cl2N3O/c1-15-9(7(11)5-14-15)10(16)6-2-3-13-8(12)4-6/h2-5H,1H3. The number of carbonyl (C=O) groups is 1. The molecule has 0 aliphatic heterocycles. The number of nitrogens with zero attached hydrogens (tertiary/aromatic N) is 3. The summed E-state index contributed by atoms with van der Waals surface area (Å²) in [6, 6.07) is 3.07. The van der Waals surface area contributed by atoms with Gasteiger partial charge in [0.2, 0.25) is 5.78 Å². The van der Waals surface area contributed by atoms with Crippen LogP contribution in [0.4, 0.5) is 0 Å². The summed E-state index contributed by atoms with van der Waals surface area (Å²) in [5.74, 6) is -0.227. The Kier molecular flexibility index (Phi) is 2.94. The molecule has 0 aliphatic rings. The Balaban J connectivity index is 2.47. The third-order valence-corrected chi connectivity index (χ3v) is 2.58. The molecule has 0 aliphatic carbocycles. The van der Waals surface area contributed by atoms with Crippen LogP contribution in [0.2, 0.25) is 10.2 Å². The number of rotatable bonds is 2. The molecule has 0 radical (unpaired) electrons. The highest BCUT2D eigenvalue weighted by molar-refractivity contribution is 6.34. The van der Waals surface area contributed by atoms with Gasteiger partial charge in [0.15, 0.2) is 0 Å². The summed E-state index contributed by atoms with van der Waals surface area (Å²) in [5, 5.41) is 4.49. The first kappa shape index (κ1) is 11.1. The van der Waals surface area contributed by atoms with Crippen molar-refractivity contribution < 1.29 is 4.79 Å². The second-order valence-corrected chi connectivity index (χ2v) is 3.96. The van der Waals surface area contributed by atoms with Crippen LogP contribution in [0.1, 0.15) is 16.1 Å². The lowest BCUT2D eigenvalue weighted by atomic mass is 10.1. The van der Waals surface area contributed by atoms with Gasteiger partial charge in [-0.05, 0) is 12.1 Å². The van der Waals surface area contributed by atoms with E-state index in [1.807, 2.05) is 0 Å². The topological polar surface area (TPSA) is 47.8 Å². The van der Waals surface area contributed by atoms with Gasteiger partial charge in [0.1, 0.15) is 10.8 Å². The maximum absolute atomic E-state index is 12.1. The molecule has 16 heavy (non-hydrogen) atoms. The Labute approximate surface area is 102 Å². The van der Waals surface area contributed by atoms with Gasteiger partial charge in [-0.2, -0.15) is 5.10 Å². The molecule has 0 unspecified atom stereocenters. The Morgan fingerprint density at radius 2 is 2.19 bits per heavy atom. The average Bonchev–Trinajstić information content (AvgIpc) is 2.58. The van der Waals surface area contributed by atoms with Gasteiger partial charge in [0.25, 0.3) is 0 Å². The van der Waals surface area contributed by atoms with Crippen molar-refractivity contribution in [1.29, 1.82) is 0 Å². The fraction of sp³-hybridized carbons (Fsp3) is 0.100. The Morgan fingerprint density at radius 3 is 2.75 bits per heavy atom. The zero-order chi connectivity index (χ0) is 11.7. The van der Waals surface area contributed by atoms with Crippen molar-refractivity contribution in [3.63, 3.8) is 0 Å². The van der Waals surface area contributed by atoms with Gasteiger partial charge in [-0.25, -0.2) is 4.98 Å². The molecule has 0 fully saturated rings. The summed E-state index contributed by atoms with van der Waals surface area (Å²) in [4.78, 5) is 15.9. The van der Waals surface area contributed by atoms with Gasteiger partial charge >= 0.3 is 0 Å². The van der Waals surface area contributed by atoms with Crippen molar-refractivity contribution in [1.82, 2.24) is 14.8 Å². The highest BCUT2D eigenvalue weighted by atomic mass is 35.5. The molecule has 0 amide bonds. The molecule has 2 aromatic rings. The number of halogens is 2. The molecule has 0 N–H and O–H groups in total. The number of hydrogen-bond acceptors (Lipinski definition) is 3. The minimum absolute atomic E-state index is 0.227. The first-order chi connectivity index (χ1) is 7.59. The van der Waals surface area contributed by atoms with Gasteiger partial charge in [-0.3, -0.25) is 9.48 Å². The number of pyridine rings is 1. The number of aryl methyl sites for hydroxylation is 1. The predicted octanol–water partition coefficient (Wildman–Crippen LogP) is 2.35. The fourth-order valence-electron chi connectivity index (χ4n) is 1.35. The minimum atomic E-state index is -0.227. The molecule has 4 nitrogen and oxygen atoms in total. The second-order valence-electron chi connectivity index (χ2n) is 3.16. The second kappa shape index (κ2) is 4.23. The smallest absolute Gasteiger partial charge is 0.212 e. The lowest BCUT2D eigenvalue weighted by Crippen LogP contribution is -2.09. The van der Waals surface area contributed by atoms with E-state index in [9.17, 15) is 4.79 Å². The van der Waals surface area contributed by atoms with Crippen molar-refractivity contribution in [3.05, 3.63) is 46.0 Å². The van der Waals surface area contributed by atoms with Crippen molar-refractivity contribution in [2.75, 3.05) is 0 Å². The number of hydrogen-bond donors (Lipinski definition) is 0. The van der Waals surface area contributed by atoms with Crippen molar-refractivity contribution in [2.45, 2.75) is 0 Å². The molecule has 82 valence electrons. The average molecular weight is 256 g/mol. The molecular formula is C10H7Cl2N3O. The van der Waals surface area contributed by atoms with Crippen LogP contribution < -0.4 is 0 Å². The van der Waals surface area contributed by atoms with E-state index < -0.39 is 0 Å². The molecule has 0 bridgehead atoms. The summed E-state index contributed by atoms with van der Waals surface area (Å²) < 4.78 is 1.43. The van der Waals surface area contributed by atoms with Crippen LogP contribution in [-0.2, 0) is 7.05 Å². The van der Waals surface area contributed by atoms with Crippen LogP contribution in [0.25, 0.3) is 0 Å². The van der Waals surface area contributed by atoms with E-state index in [4.69, 9.17) is 23.2 Å². The number of carbonyl (C=O) groups excluding carboxylic acids is 1. The van der Waals surface area contributed by atoms with Crippen LogP contribution in [0.3, 0.4) is 0 Å². The maximum Gasteiger partial charge on any atom is 0.212 e. The molecule has 2 rings (SSSR count). The molecule has 0 atom stereocenters. The number of aromatic nitrogens is 3. The lowest BCUT2D eigenvalue weighted by Gasteiger charge is -2.02. The largest absolute Gasteiger partial charge is 0.287 e. The summed E-state index contributed by atoms with van der Waals surface area (Å²) in [5.41, 5.74) is 0.773. The van der Waals surface area contributed by atoms with Crippen LogP contribution in [0.5, 0.6) is 0 Å². The van der Waals surface area contributed by atoms with Crippen molar-refractivity contribution in [3.8, 4) is 0 Å². The Bertz CT molecular complexity index is 531. The van der Waals surface area contributed by atoms with E-state index in [1.54, 1.807) is 13.1 Å². The normalized spacial score (nSPS) is 10.4. The van der Waals surface area contributed by atoms with Crippen molar-refractivity contribution in [2.24, 2.45) is 7.05 Å². The molecule has 0 spiro atoms. The first-order valence-electron chi connectivity index (χ1n) is 4.43. The zero-order valence-corrected chi connectivity index (χ0v) is 9.83. The van der Waals surface area contributed by atoms with E-state index in [0.29, 0.717) is 16.3 Å².